The number of hydrazone groups is 1. The van der Waals surface area contributed by atoms with Crippen molar-refractivity contribution in [1.82, 2.24) is 5.43 Å². The highest BCUT2D eigenvalue weighted by Gasteiger charge is 2.28. The number of nitrogens with zero attached hydrogens (tertiary/aromatic N) is 2. The van der Waals surface area contributed by atoms with Crippen LogP contribution in [0.25, 0.3) is 0 Å². The van der Waals surface area contributed by atoms with Gasteiger partial charge in [-0.05, 0) is 12.1 Å². The Balaban J connectivity index is 2.38. The maximum atomic E-state index is 12.5. The van der Waals surface area contributed by atoms with Gasteiger partial charge in [0.25, 0.3) is 5.91 Å². The fourth-order valence-corrected chi connectivity index (χ4v) is 2.72. The number of amides is 1. The van der Waals surface area contributed by atoms with Crippen molar-refractivity contribution >= 4 is 17.8 Å². The lowest BCUT2D eigenvalue weighted by Crippen LogP contribution is -2.18. The van der Waals surface area contributed by atoms with E-state index in [2.05, 4.69) is 10.5 Å². The third kappa shape index (κ3) is 4.69. The highest BCUT2D eigenvalue weighted by molar-refractivity contribution is 5.97. The molecule has 1 amide bonds. The largest absolute Gasteiger partial charge is 0.507 e. The molecule has 0 aliphatic heterocycles. The Labute approximate surface area is 177 Å². The lowest BCUT2D eigenvalue weighted by Gasteiger charge is -2.13. The molecule has 2 rings (SSSR count). The fraction of sp³-hybridized carbons (Fsp3) is 0.263. The first kappa shape index (κ1) is 23.1. The molecule has 31 heavy (non-hydrogen) atoms. The maximum Gasteiger partial charge on any atom is 0.353 e. The number of aromatic hydroxyl groups is 1. The summed E-state index contributed by atoms with van der Waals surface area (Å²) in [5.41, 5.74) is 1.77. The molecule has 12 nitrogen and oxygen atoms in total. The molecule has 0 aliphatic rings. The van der Waals surface area contributed by atoms with Crippen molar-refractivity contribution in [1.29, 1.82) is 0 Å². The van der Waals surface area contributed by atoms with E-state index in [4.69, 9.17) is 23.7 Å². The number of hydrogen-bond donors (Lipinski definition) is 2. The van der Waals surface area contributed by atoms with E-state index in [-0.39, 0.29) is 34.1 Å². The molecule has 0 saturated heterocycles. The van der Waals surface area contributed by atoms with Gasteiger partial charge in [0, 0.05) is 11.6 Å². The van der Waals surface area contributed by atoms with Gasteiger partial charge < -0.3 is 28.8 Å². The number of nitro groups is 1. The number of ether oxygens (including phenoxy) is 5. The standard InChI is InChI=1S/C19H21N3O9/c1-27-13-8-12(23)11(17(30-4)16(13)22(25)26)9-20-21-19(24)10-6-14(28-2)18(31-5)15(7-10)29-3/h6-9,23H,1-5H3,(H,21,24). The highest BCUT2D eigenvalue weighted by atomic mass is 16.6. The summed E-state index contributed by atoms with van der Waals surface area (Å²) in [6, 6.07) is 3.88. The van der Waals surface area contributed by atoms with Crippen molar-refractivity contribution in [3.05, 3.63) is 39.4 Å². The van der Waals surface area contributed by atoms with Crippen molar-refractivity contribution < 1.29 is 38.5 Å². The van der Waals surface area contributed by atoms with Crippen LogP contribution in [0.15, 0.2) is 23.3 Å². The van der Waals surface area contributed by atoms with Crippen molar-refractivity contribution in [3.63, 3.8) is 0 Å². The minimum Gasteiger partial charge on any atom is -0.507 e. The topological polar surface area (TPSA) is 151 Å². The quantitative estimate of drug-likeness (QED) is 0.343. The summed E-state index contributed by atoms with van der Waals surface area (Å²) in [6.45, 7) is 0. The first-order valence-electron chi connectivity index (χ1n) is 8.58. The molecule has 0 heterocycles. The molecule has 0 bridgehead atoms. The summed E-state index contributed by atoms with van der Waals surface area (Å²) in [6.07, 6.45) is 1.01. The molecule has 0 atom stereocenters. The Bertz CT molecular complexity index is 996. The van der Waals surface area contributed by atoms with Crippen molar-refractivity contribution in [3.8, 4) is 34.5 Å². The van der Waals surface area contributed by atoms with E-state index in [1.807, 2.05) is 0 Å². The third-order valence-electron chi connectivity index (χ3n) is 4.13. The summed E-state index contributed by atoms with van der Waals surface area (Å²) in [5, 5.41) is 25.3. The molecule has 0 unspecified atom stereocenters. The maximum absolute atomic E-state index is 12.5. The Morgan fingerprint density at radius 3 is 1.97 bits per heavy atom. The van der Waals surface area contributed by atoms with Gasteiger partial charge in [-0.3, -0.25) is 14.9 Å². The molecule has 0 fully saturated rings. The van der Waals surface area contributed by atoms with Crippen molar-refractivity contribution in [2.24, 2.45) is 5.10 Å². The number of carbonyl (C=O) groups excluding carboxylic acids is 1. The number of carbonyl (C=O) groups is 1. The summed E-state index contributed by atoms with van der Waals surface area (Å²) in [7, 11) is 6.64. The molecule has 0 spiro atoms. The van der Waals surface area contributed by atoms with Crippen LogP contribution in [0.2, 0.25) is 0 Å². The highest BCUT2D eigenvalue weighted by Crippen LogP contribution is 2.43. The Morgan fingerprint density at radius 1 is 0.968 bits per heavy atom. The minimum atomic E-state index is -0.719. The van der Waals surface area contributed by atoms with E-state index in [9.17, 15) is 20.0 Å². The number of hydrogen-bond acceptors (Lipinski definition) is 10. The normalized spacial score (nSPS) is 10.5. The SMILES string of the molecule is COc1cc(C(=O)NN=Cc2c(O)cc(OC)c([N+](=O)[O-])c2OC)cc(OC)c1OC. The Hall–Kier alpha value is -4.22. The predicted molar refractivity (Wildman–Crippen MR) is 109 cm³/mol. The van der Waals surface area contributed by atoms with E-state index >= 15 is 0 Å². The molecule has 12 heteroatoms. The Morgan fingerprint density at radius 2 is 1.52 bits per heavy atom. The molecular weight excluding hydrogens is 414 g/mol. The second-order valence-electron chi connectivity index (χ2n) is 5.76. The molecule has 0 radical (unpaired) electrons. The zero-order valence-corrected chi connectivity index (χ0v) is 17.4. The molecule has 0 aromatic heterocycles. The summed E-state index contributed by atoms with van der Waals surface area (Å²) < 4.78 is 25.6. The number of benzene rings is 2. The average molecular weight is 435 g/mol. The van der Waals surface area contributed by atoms with E-state index in [0.717, 1.165) is 12.3 Å². The van der Waals surface area contributed by atoms with Crippen LogP contribution >= 0.6 is 0 Å². The second kappa shape index (κ2) is 10.0. The molecule has 166 valence electrons. The minimum absolute atomic E-state index is 0.125. The zero-order chi connectivity index (χ0) is 23.1. The van der Waals surface area contributed by atoms with E-state index < -0.39 is 22.3 Å². The number of methoxy groups -OCH3 is 5. The number of phenolic OH excluding ortho intramolecular Hbond substituents is 1. The van der Waals surface area contributed by atoms with Crippen LogP contribution < -0.4 is 29.1 Å². The van der Waals surface area contributed by atoms with Crippen molar-refractivity contribution in [2.75, 3.05) is 35.5 Å². The van der Waals surface area contributed by atoms with Gasteiger partial charge in [0.15, 0.2) is 11.5 Å². The molecule has 2 aromatic carbocycles. The van der Waals surface area contributed by atoms with Gasteiger partial charge in [-0.25, -0.2) is 5.43 Å². The van der Waals surface area contributed by atoms with E-state index in [1.54, 1.807) is 0 Å². The van der Waals surface area contributed by atoms with E-state index in [0.29, 0.717) is 5.75 Å². The number of nitrogens with one attached hydrogen (secondary N) is 1. The van der Waals surface area contributed by atoms with Crippen LogP contribution in [0, 0.1) is 10.1 Å². The monoisotopic (exact) mass is 435 g/mol. The lowest BCUT2D eigenvalue weighted by molar-refractivity contribution is -0.386. The number of rotatable bonds is 9. The second-order valence-corrected chi connectivity index (χ2v) is 5.76. The van der Waals surface area contributed by atoms with Crippen LogP contribution in [-0.4, -0.2) is 57.7 Å². The molecule has 0 aliphatic carbocycles. The molecular formula is C19H21N3O9. The fourth-order valence-electron chi connectivity index (χ4n) is 2.72. The predicted octanol–water partition coefficient (Wildman–Crippen LogP) is 2.11. The van der Waals surface area contributed by atoms with Gasteiger partial charge in [-0.2, -0.15) is 5.10 Å². The van der Waals surface area contributed by atoms with Gasteiger partial charge in [-0.15, -0.1) is 0 Å². The Kier molecular flexibility index (Phi) is 7.44. The molecule has 0 saturated carbocycles. The van der Waals surface area contributed by atoms with Crippen LogP contribution in [-0.2, 0) is 0 Å². The van der Waals surface area contributed by atoms with E-state index in [1.165, 1.54) is 47.7 Å². The smallest absolute Gasteiger partial charge is 0.353 e. The molecule has 2 N–H and O–H groups in total. The van der Waals surface area contributed by atoms with Crippen LogP contribution in [0.3, 0.4) is 0 Å². The average Bonchev–Trinajstić information content (AvgIpc) is 2.77. The summed E-state index contributed by atoms with van der Waals surface area (Å²) >= 11 is 0. The number of phenols is 1. The van der Waals surface area contributed by atoms with Gasteiger partial charge in [0.05, 0.1) is 52.3 Å². The van der Waals surface area contributed by atoms with Gasteiger partial charge in [0.1, 0.15) is 5.75 Å². The molecule has 2 aromatic rings. The zero-order valence-electron chi connectivity index (χ0n) is 17.4. The van der Waals surface area contributed by atoms with Gasteiger partial charge in [-0.1, -0.05) is 0 Å². The number of nitro benzene ring substituents is 1. The van der Waals surface area contributed by atoms with Crippen LogP contribution in [0.5, 0.6) is 34.5 Å². The third-order valence-corrected chi connectivity index (χ3v) is 4.13. The van der Waals surface area contributed by atoms with Crippen LogP contribution in [0.4, 0.5) is 5.69 Å². The van der Waals surface area contributed by atoms with Gasteiger partial charge in [0.2, 0.25) is 17.2 Å². The lowest BCUT2D eigenvalue weighted by atomic mass is 10.1. The van der Waals surface area contributed by atoms with Crippen molar-refractivity contribution in [2.45, 2.75) is 0 Å². The van der Waals surface area contributed by atoms with Crippen LogP contribution in [0.1, 0.15) is 15.9 Å². The first-order valence-corrected chi connectivity index (χ1v) is 8.58. The summed E-state index contributed by atoms with van der Waals surface area (Å²) in [4.78, 5) is 23.1. The van der Waals surface area contributed by atoms with Gasteiger partial charge >= 0.3 is 5.69 Å². The first-order chi connectivity index (χ1) is 14.8. The summed E-state index contributed by atoms with van der Waals surface area (Å²) in [5.74, 6) is -0.681.